The van der Waals surface area contributed by atoms with Gasteiger partial charge in [0, 0.05) is 0 Å². The maximum absolute atomic E-state index is 13.0. The number of benzene rings is 4. The van der Waals surface area contributed by atoms with E-state index in [-0.39, 0.29) is 11.8 Å². The summed E-state index contributed by atoms with van der Waals surface area (Å²) in [5.74, 6) is 1.55. The number of sulfone groups is 2. The number of halogens is 1. The molecule has 0 aliphatic rings. The molecule has 4 aromatic carbocycles. The summed E-state index contributed by atoms with van der Waals surface area (Å²) in [6.45, 7) is 11.8. The summed E-state index contributed by atoms with van der Waals surface area (Å²) in [6, 6.07) is 22.5. The van der Waals surface area contributed by atoms with Gasteiger partial charge in [0.1, 0.15) is 11.5 Å². The van der Waals surface area contributed by atoms with Crippen LogP contribution >= 0.6 is 22.6 Å². The molecular formula is C34H39IO6S2. The van der Waals surface area contributed by atoms with Gasteiger partial charge in [0.15, 0.2) is 0 Å². The van der Waals surface area contributed by atoms with Crippen molar-refractivity contribution in [3.8, 4) is 11.5 Å². The van der Waals surface area contributed by atoms with Crippen LogP contribution < -0.4 is 9.47 Å². The first-order valence-corrected chi connectivity index (χ1v) is 17.9. The van der Waals surface area contributed by atoms with Gasteiger partial charge in [-0.1, -0.05) is 63.1 Å². The van der Waals surface area contributed by atoms with E-state index in [4.69, 9.17) is 9.47 Å². The molecule has 0 unspecified atom stereocenters. The van der Waals surface area contributed by atoms with Crippen molar-refractivity contribution in [3.05, 3.63) is 105 Å². The number of hydrogen-bond donors (Lipinski definition) is 0. The largest absolute Gasteiger partial charge is 0.497 e. The second kappa shape index (κ2) is 14.3. The van der Waals surface area contributed by atoms with E-state index in [1.807, 2.05) is 71.9 Å². The first kappa shape index (κ1) is 34.6. The molecule has 0 fully saturated rings. The molecule has 0 aliphatic carbocycles. The molecule has 6 nitrogen and oxygen atoms in total. The van der Waals surface area contributed by atoms with Gasteiger partial charge in [-0.05, 0) is 114 Å². The van der Waals surface area contributed by atoms with Crippen molar-refractivity contribution in [1.82, 2.24) is 0 Å². The zero-order valence-electron chi connectivity index (χ0n) is 25.8. The van der Waals surface area contributed by atoms with Crippen LogP contribution in [0.3, 0.4) is 0 Å². The third-order valence-electron chi connectivity index (χ3n) is 6.99. The molecule has 0 aliphatic heterocycles. The van der Waals surface area contributed by atoms with Gasteiger partial charge in [0.25, 0.3) is 0 Å². The van der Waals surface area contributed by atoms with Crippen LogP contribution in [0.2, 0.25) is 0 Å². The summed E-state index contributed by atoms with van der Waals surface area (Å²) in [7, 11) is -3.88. The lowest BCUT2D eigenvalue weighted by molar-refractivity contribution is 0.410. The summed E-state index contributed by atoms with van der Waals surface area (Å²) in [5, 5.41) is 0. The molecule has 4 aromatic rings. The number of hydrogen-bond acceptors (Lipinski definition) is 6. The Morgan fingerprint density at radius 1 is 0.581 bits per heavy atom. The molecule has 230 valence electrons. The minimum Gasteiger partial charge on any atom is -0.497 e. The second-order valence-electron chi connectivity index (χ2n) is 10.9. The number of ether oxygens (including phenoxy) is 2. The Bertz CT molecular complexity index is 1780. The quantitative estimate of drug-likeness (QED) is 0.169. The molecule has 0 atom stereocenters. The van der Waals surface area contributed by atoms with Gasteiger partial charge in [-0.3, -0.25) is 0 Å². The predicted molar refractivity (Wildman–Crippen MR) is 180 cm³/mol. The minimum atomic E-state index is -3.54. The fraction of sp³-hybridized carbons (Fsp3) is 0.294. The summed E-state index contributed by atoms with van der Waals surface area (Å²) < 4.78 is 62.9. The first-order valence-electron chi connectivity index (χ1n) is 13.8. The molecule has 0 saturated carbocycles. The van der Waals surface area contributed by atoms with E-state index in [0.717, 1.165) is 25.8 Å². The van der Waals surface area contributed by atoms with Gasteiger partial charge < -0.3 is 9.47 Å². The molecule has 43 heavy (non-hydrogen) atoms. The Balaban J connectivity index is 0.000000236. The number of aryl methyl sites for hydroxylation is 2. The smallest absolute Gasteiger partial charge is 0.206 e. The Kier molecular flexibility index (Phi) is 11.5. The zero-order valence-corrected chi connectivity index (χ0v) is 29.6. The van der Waals surface area contributed by atoms with Gasteiger partial charge in [0.05, 0.1) is 37.4 Å². The Morgan fingerprint density at radius 3 is 1.44 bits per heavy atom. The Morgan fingerprint density at radius 2 is 1.02 bits per heavy atom. The molecule has 0 amide bonds. The van der Waals surface area contributed by atoms with Crippen molar-refractivity contribution in [1.29, 1.82) is 0 Å². The second-order valence-corrected chi connectivity index (χ2v) is 15.9. The summed E-state index contributed by atoms with van der Waals surface area (Å²) in [6.07, 6.45) is 0. The van der Waals surface area contributed by atoms with Crippen LogP contribution in [0, 0.1) is 17.4 Å². The van der Waals surface area contributed by atoms with Crippen molar-refractivity contribution in [3.63, 3.8) is 0 Å². The van der Waals surface area contributed by atoms with Crippen LogP contribution in [0.15, 0.2) is 98.4 Å². The van der Waals surface area contributed by atoms with E-state index >= 15 is 0 Å². The molecule has 4 rings (SSSR count). The average molecular weight is 735 g/mol. The topological polar surface area (TPSA) is 86.7 Å². The first-order chi connectivity index (χ1) is 20.1. The van der Waals surface area contributed by atoms with Gasteiger partial charge in [-0.25, -0.2) is 16.8 Å². The molecule has 0 saturated heterocycles. The van der Waals surface area contributed by atoms with Crippen LogP contribution in [-0.4, -0.2) is 31.1 Å². The lowest BCUT2D eigenvalue weighted by Crippen LogP contribution is -2.08. The van der Waals surface area contributed by atoms with Crippen molar-refractivity contribution < 1.29 is 26.3 Å². The number of methoxy groups -OCH3 is 2. The van der Waals surface area contributed by atoms with Crippen molar-refractivity contribution in [2.45, 2.75) is 73.0 Å². The molecule has 0 N–H and O–H groups in total. The van der Waals surface area contributed by atoms with E-state index in [1.54, 1.807) is 62.8 Å². The number of rotatable bonds is 8. The Labute approximate surface area is 270 Å². The van der Waals surface area contributed by atoms with Gasteiger partial charge in [-0.2, -0.15) is 0 Å². The lowest BCUT2D eigenvalue weighted by atomic mass is 10.0. The summed E-state index contributed by atoms with van der Waals surface area (Å²) in [4.78, 5) is 1.35. The van der Waals surface area contributed by atoms with E-state index in [1.165, 1.54) is 0 Å². The predicted octanol–water partition coefficient (Wildman–Crippen LogP) is 8.52. The molecule has 0 aromatic heterocycles. The normalized spacial score (nSPS) is 11.7. The average Bonchev–Trinajstić information content (AvgIpc) is 2.97. The van der Waals surface area contributed by atoms with E-state index in [2.05, 4.69) is 22.6 Å². The third kappa shape index (κ3) is 7.99. The van der Waals surface area contributed by atoms with Gasteiger partial charge in [-0.15, -0.1) is 0 Å². The SMILES string of the molecule is COc1cc(C(C)C)c(S(=O)(=O)c2ccc(C)cc2)cc1I.COc1ccc(S(=O)(=O)c2ccc(C)cc2)c(C(C)C)c1. The van der Waals surface area contributed by atoms with Gasteiger partial charge >= 0.3 is 0 Å². The highest BCUT2D eigenvalue weighted by molar-refractivity contribution is 14.1. The molecule has 0 spiro atoms. The van der Waals surface area contributed by atoms with Crippen LogP contribution in [0.5, 0.6) is 11.5 Å². The fourth-order valence-corrected chi connectivity index (χ4v) is 8.55. The molecule has 0 bridgehead atoms. The van der Waals surface area contributed by atoms with Crippen LogP contribution in [0.1, 0.15) is 61.8 Å². The van der Waals surface area contributed by atoms with Crippen LogP contribution in [-0.2, 0) is 19.7 Å². The molecule has 0 heterocycles. The van der Waals surface area contributed by atoms with E-state index < -0.39 is 19.7 Å². The maximum atomic E-state index is 13.0. The fourth-order valence-electron chi connectivity index (χ4n) is 4.43. The lowest BCUT2D eigenvalue weighted by Gasteiger charge is -2.16. The Hall–Kier alpha value is -2.89. The van der Waals surface area contributed by atoms with Crippen LogP contribution in [0.4, 0.5) is 0 Å². The highest BCUT2D eigenvalue weighted by atomic mass is 127. The van der Waals surface area contributed by atoms with Crippen molar-refractivity contribution in [2.24, 2.45) is 0 Å². The minimum absolute atomic E-state index is 0.0844. The van der Waals surface area contributed by atoms with E-state index in [0.29, 0.717) is 31.1 Å². The van der Waals surface area contributed by atoms with E-state index in [9.17, 15) is 16.8 Å². The summed E-state index contributed by atoms with van der Waals surface area (Å²) in [5.41, 5.74) is 3.62. The molecular weight excluding hydrogens is 695 g/mol. The maximum Gasteiger partial charge on any atom is 0.206 e. The summed E-state index contributed by atoms with van der Waals surface area (Å²) >= 11 is 2.10. The monoisotopic (exact) mass is 734 g/mol. The van der Waals surface area contributed by atoms with Crippen molar-refractivity contribution >= 4 is 42.3 Å². The highest BCUT2D eigenvalue weighted by Gasteiger charge is 2.25. The zero-order chi connectivity index (χ0) is 32.1. The van der Waals surface area contributed by atoms with Gasteiger partial charge in [0.2, 0.25) is 19.7 Å². The van der Waals surface area contributed by atoms with Crippen molar-refractivity contribution in [2.75, 3.05) is 14.2 Å². The standard InChI is InChI=1S/C17H19IO3S.C17H20O3S/c1-11(2)14-9-16(21-4)15(18)10-17(14)22(19,20)13-7-5-12(3)6-8-13;1-12(2)16-11-14(20-4)7-10-17(16)21(18,19)15-8-5-13(3)6-9-15/h5-11H,1-4H3;5-12H,1-4H3. The third-order valence-corrected chi connectivity index (χ3v) is 11.5. The van der Waals surface area contributed by atoms with Crippen LogP contribution in [0.25, 0.3) is 0 Å². The highest BCUT2D eigenvalue weighted by Crippen LogP contribution is 2.35. The molecule has 0 radical (unpaired) electrons. The molecule has 9 heteroatoms.